The Bertz CT molecular complexity index is 852. The zero-order valence-corrected chi connectivity index (χ0v) is 14.4. The molecule has 0 amide bonds. The first kappa shape index (κ1) is 17.0. The predicted molar refractivity (Wildman–Crippen MR) is 98.4 cm³/mol. The molecule has 0 saturated heterocycles. The second-order valence-corrected chi connectivity index (χ2v) is 6.21. The monoisotopic (exact) mass is 334 g/mol. The molecule has 4 heteroatoms. The van der Waals surface area contributed by atoms with E-state index in [1.165, 1.54) is 25.2 Å². The van der Waals surface area contributed by atoms with Crippen LogP contribution in [-0.4, -0.2) is 9.55 Å². The van der Waals surface area contributed by atoms with Crippen LogP contribution < -0.4 is 10.3 Å². The van der Waals surface area contributed by atoms with Gasteiger partial charge in [0.25, 0.3) is 5.56 Å². The summed E-state index contributed by atoms with van der Waals surface area (Å²) in [7, 11) is 0. The normalized spacial score (nSPS) is 14.3. The van der Waals surface area contributed by atoms with Crippen molar-refractivity contribution in [1.82, 2.24) is 9.55 Å². The van der Waals surface area contributed by atoms with E-state index in [0.717, 1.165) is 24.1 Å². The summed E-state index contributed by atoms with van der Waals surface area (Å²) in [6.07, 6.45) is 9.08. The molecule has 2 aromatic heterocycles. The van der Waals surface area contributed by atoms with Crippen LogP contribution in [0.2, 0.25) is 0 Å². The summed E-state index contributed by atoms with van der Waals surface area (Å²) in [6, 6.07) is 7.10. The Balaban J connectivity index is 1.86. The number of aromatic nitrogens is 2. The Kier molecular flexibility index (Phi) is 5.35. The summed E-state index contributed by atoms with van der Waals surface area (Å²) in [5.74, 6) is 7.47. The van der Waals surface area contributed by atoms with Gasteiger partial charge in [-0.3, -0.25) is 9.78 Å². The highest BCUT2D eigenvalue weighted by Crippen LogP contribution is 2.27. The van der Waals surface area contributed by atoms with Crippen molar-refractivity contribution < 1.29 is 4.74 Å². The second kappa shape index (κ2) is 7.85. The minimum atomic E-state index is -0.114. The molecule has 0 spiro atoms. The molecule has 0 aliphatic heterocycles. The third-order valence-corrected chi connectivity index (χ3v) is 4.16. The van der Waals surface area contributed by atoms with Gasteiger partial charge in [-0.05, 0) is 37.5 Å². The summed E-state index contributed by atoms with van der Waals surface area (Å²) in [4.78, 5) is 17.0. The molecule has 0 N–H and O–H groups in total. The second-order valence-electron chi connectivity index (χ2n) is 6.21. The molecule has 3 rings (SSSR count). The van der Waals surface area contributed by atoms with E-state index in [4.69, 9.17) is 4.74 Å². The Hall–Kier alpha value is -2.80. The lowest BCUT2D eigenvalue weighted by atomic mass is 10.1. The van der Waals surface area contributed by atoms with Gasteiger partial charge in [-0.25, -0.2) is 0 Å². The van der Waals surface area contributed by atoms with Crippen molar-refractivity contribution >= 4 is 0 Å². The summed E-state index contributed by atoms with van der Waals surface area (Å²) >= 11 is 0. The van der Waals surface area contributed by atoms with Crippen LogP contribution in [0.25, 0.3) is 0 Å². The fourth-order valence-corrected chi connectivity index (χ4v) is 2.69. The summed E-state index contributed by atoms with van der Waals surface area (Å²) < 4.78 is 6.88. The smallest absolute Gasteiger partial charge is 0.254 e. The molecular formula is C21H22N2O2. The van der Waals surface area contributed by atoms with Crippen molar-refractivity contribution in [1.29, 1.82) is 0 Å². The number of pyridine rings is 2. The molecule has 2 aromatic rings. The Morgan fingerprint density at radius 1 is 1.44 bits per heavy atom. The van der Waals surface area contributed by atoms with Crippen molar-refractivity contribution in [2.24, 2.45) is 5.92 Å². The van der Waals surface area contributed by atoms with E-state index in [-0.39, 0.29) is 11.6 Å². The van der Waals surface area contributed by atoms with Crippen LogP contribution in [0.3, 0.4) is 0 Å². The first-order chi connectivity index (χ1) is 12.2. The van der Waals surface area contributed by atoms with Gasteiger partial charge in [0.05, 0.1) is 18.0 Å². The van der Waals surface area contributed by atoms with Crippen LogP contribution in [0.1, 0.15) is 49.9 Å². The van der Waals surface area contributed by atoms with Crippen LogP contribution >= 0.6 is 0 Å². The van der Waals surface area contributed by atoms with Gasteiger partial charge in [0.1, 0.15) is 5.75 Å². The van der Waals surface area contributed by atoms with E-state index in [2.05, 4.69) is 30.3 Å². The van der Waals surface area contributed by atoms with Crippen LogP contribution in [0.15, 0.2) is 54.3 Å². The molecule has 4 nitrogen and oxygen atoms in total. The van der Waals surface area contributed by atoms with Gasteiger partial charge in [0, 0.05) is 29.9 Å². The quantitative estimate of drug-likeness (QED) is 0.594. The van der Waals surface area contributed by atoms with Gasteiger partial charge in [-0.1, -0.05) is 31.8 Å². The summed E-state index contributed by atoms with van der Waals surface area (Å²) in [5.41, 5.74) is 1.68. The van der Waals surface area contributed by atoms with Crippen molar-refractivity contribution in [3.63, 3.8) is 0 Å². The van der Waals surface area contributed by atoms with Crippen LogP contribution in [-0.2, 0) is 0 Å². The third kappa shape index (κ3) is 4.39. The minimum Gasteiger partial charge on any atom is -0.465 e. The molecule has 25 heavy (non-hydrogen) atoms. The van der Waals surface area contributed by atoms with Crippen LogP contribution in [0.5, 0.6) is 5.75 Å². The van der Waals surface area contributed by atoms with Gasteiger partial charge < -0.3 is 9.30 Å². The van der Waals surface area contributed by atoms with Crippen molar-refractivity contribution in [3.8, 4) is 17.6 Å². The van der Waals surface area contributed by atoms with Crippen molar-refractivity contribution in [3.05, 3.63) is 71.1 Å². The van der Waals surface area contributed by atoms with E-state index < -0.39 is 0 Å². The maximum Gasteiger partial charge on any atom is 0.254 e. The first-order valence-corrected chi connectivity index (χ1v) is 8.68. The standard InChI is InChI=1S/C21H22N2O2/c1-3-5-20(23-13-12-18(25-4-2)14-21(23)24)19-11-10-17(15-22-19)9-8-16-6-7-16/h4,10-16,20H,2-3,5-7H2,1H3. The number of hydrogen-bond donors (Lipinski definition) is 0. The zero-order valence-electron chi connectivity index (χ0n) is 14.4. The molecule has 1 unspecified atom stereocenters. The summed E-state index contributed by atoms with van der Waals surface area (Å²) in [6.45, 7) is 5.61. The van der Waals surface area contributed by atoms with Gasteiger partial charge in [-0.2, -0.15) is 0 Å². The highest BCUT2D eigenvalue weighted by atomic mass is 16.5. The number of hydrogen-bond acceptors (Lipinski definition) is 3. The molecule has 128 valence electrons. The van der Waals surface area contributed by atoms with Crippen LogP contribution in [0, 0.1) is 17.8 Å². The third-order valence-electron chi connectivity index (χ3n) is 4.16. The number of rotatable bonds is 6. The van der Waals surface area contributed by atoms with Gasteiger partial charge >= 0.3 is 0 Å². The average Bonchev–Trinajstić information content (AvgIpc) is 3.44. The lowest BCUT2D eigenvalue weighted by Crippen LogP contribution is -2.25. The first-order valence-electron chi connectivity index (χ1n) is 8.68. The van der Waals surface area contributed by atoms with E-state index in [9.17, 15) is 4.79 Å². The highest BCUT2D eigenvalue weighted by Gasteiger charge is 2.18. The highest BCUT2D eigenvalue weighted by molar-refractivity contribution is 5.34. The molecule has 1 aliphatic rings. The predicted octanol–water partition coefficient (Wildman–Crippen LogP) is 3.92. The van der Waals surface area contributed by atoms with E-state index in [0.29, 0.717) is 11.7 Å². The van der Waals surface area contributed by atoms with Gasteiger partial charge in [0.2, 0.25) is 0 Å². The minimum absolute atomic E-state index is 0.0966. The SMILES string of the molecule is C=COc1ccn(C(CCC)c2ccc(C#CC3CC3)cn2)c(=O)c1. The Morgan fingerprint density at radius 2 is 2.28 bits per heavy atom. The Labute approximate surface area is 148 Å². The molecule has 0 bridgehead atoms. The lowest BCUT2D eigenvalue weighted by molar-refractivity contribution is 0.468. The van der Waals surface area contributed by atoms with E-state index in [1.807, 2.05) is 12.1 Å². The maximum atomic E-state index is 12.5. The molecule has 1 aliphatic carbocycles. The largest absolute Gasteiger partial charge is 0.465 e. The van der Waals surface area contributed by atoms with Gasteiger partial charge in [-0.15, -0.1) is 0 Å². The number of ether oxygens (including phenoxy) is 1. The molecular weight excluding hydrogens is 312 g/mol. The van der Waals surface area contributed by atoms with Crippen molar-refractivity contribution in [2.45, 2.75) is 38.6 Å². The fraction of sp³-hybridized carbons (Fsp3) is 0.333. The molecule has 0 aromatic carbocycles. The summed E-state index contributed by atoms with van der Waals surface area (Å²) in [5, 5.41) is 0. The maximum absolute atomic E-state index is 12.5. The van der Waals surface area contributed by atoms with Gasteiger partial charge in [0.15, 0.2) is 0 Å². The molecule has 0 radical (unpaired) electrons. The number of nitrogens with zero attached hydrogens (tertiary/aromatic N) is 2. The molecule has 2 heterocycles. The topological polar surface area (TPSA) is 44.1 Å². The molecule has 1 saturated carbocycles. The Morgan fingerprint density at radius 3 is 2.88 bits per heavy atom. The van der Waals surface area contributed by atoms with E-state index >= 15 is 0 Å². The average molecular weight is 334 g/mol. The molecule has 1 fully saturated rings. The van der Waals surface area contributed by atoms with Crippen molar-refractivity contribution in [2.75, 3.05) is 0 Å². The molecule has 1 atom stereocenters. The zero-order chi connectivity index (χ0) is 17.6. The fourth-order valence-electron chi connectivity index (χ4n) is 2.69. The van der Waals surface area contributed by atoms with Crippen LogP contribution in [0.4, 0.5) is 0 Å². The van der Waals surface area contributed by atoms with E-state index in [1.54, 1.807) is 23.0 Å². The lowest BCUT2D eigenvalue weighted by Gasteiger charge is -2.19.